The van der Waals surface area contributed by atoms with Crippen LogP contribution in [0.5, 0.6) is 0 Å². The van der Waals surface area contributed by atoms with Crippen molar-refractivity contribution in [1.29, 1.82) is 0 Å². The highest BCUT2D eigenvalue weighted by Crippen LogP contribution is 2.49. The summed E-state index contributed by atoms with van der Waals surface area (Å²) < 4.78 is 27.0. The zero-order chi connectivity index (χ0) is 18.9. The van der Waals surface area contributed by atoms with Crippen LogP contribution in [0, 0.1) is 17.8 Å². The van der Waals surface area contributed by atoms with E-state index in [1.165, 1.54) is 50.2 Å². The number of nitrogens with one attached hydrogen (secondary N) is 2. The Kier molecular flexibility index (Phi) is 4.82. The number of nitrogens with zero attached hydrogens (tertiary/aromatic N) is 2. The van der Waals surface area contributed by atoms with Gasteiger partial charge in [-0.2, -0.15) is 0 Å². The quantitative estimate of drug-likeness (QED) is 0.795. The van der Waals surface area contributed by atoms with Gasteiger partial charge in [0.1, 0.15) is 0 Å². The molecule has 2 saturated carbocycles. The number of amides is 1. The molecule has 0 spiro atoms. The van der Waals surface area contributed by atoms with Gasteiger partial charge >= 0.3 is 0 Å². The van der Waals surface area contributed by atoms with Gasteiger partial charge in [-0.05, 0) is 67.3 Å². The van der Waals surface area contributed by atoms with Crippen LogP contribution in [0.2, 0.25) is 0 Å². The molecule has 0 unspecified atom stereocenters. The molecule has 1 amide bonds. The van der Waals surface area contributed by atoms with Crippen LogP contribution in [-0.4, -0.2) is 24.3 Å². The van der Waals surface area contributed by atoms with Crippen molar-refractivity contribution >= 4 is 27.6 Å². The van der Waals surface area contributed by atoms with E-state index in [0.717, 1.165) is 5.92 Å². The van der Waals surface area contributed by atoms with E-state index >= 15 is 0 Å². The maximum Gasteiger partial charge on any atom is 0.264 e. The average molecular weight is 386 g/mol. The standard InChI is InChI=1S/C19H22N4O3S/c24-18(12-15-11-13-2-3-14(15)10-13)22-16-4-6-17(7-5-16)27(25,26)23-19-20-8-1-9-21-19/h1,4-9,13-15H,2-3,10-12H2,(H,22,24)(H,20,21,23)/t13-,14-,15-/m1/s1. The van der Waals surface area contributed by atoms with Gasteiger partial charge in [0.05, 0.1) is 4.90 Å². The van der Waals surface area contributed by atoms with Crippen molar-refractivity contribution in [2.45, 2.75) is 37.0 Å². The van der Waals surface area contributed by atoms with Gasteiger partial charge in [0.2, 0.25) is 11.9 Å². The lowest BCUT2D eigenvalue weighted by Crippen LogP contribution is -2.20. The van der Waals surface area contributed by atoms with E-state index in [1.807, 2.05) is 0 Å². The molecule has 1 aromatic heterocycles. The molecule has 2 fully saturated rings. The number of aromatic nitrogens is 2. The Morgan fingerprint density at radius 2 is 1.81 bits per heavy atom. The summed E-state index contributed by atoms with van der Waals surface area (Å²) in [6.45, 7) is 0. The monoisotopic (exact) mass is 386 g/mol. The van der Waals surface area contributed by atoms with E-state index in [0.29, 0.717) is 23.9 Å². The molecule has 2 aliphatic carbocycles. The second-order valence-electron chi connectivity index (χ2n) is 7.39. The fraction of sp³-hybridized carbons (Fsp3) is 0.421. The number of anilines is 2. The van der Waals surface area contributed by atoms with Crippen LogP contribution in [-0.2, 0) is 14.8 Å². The van der Waals surface area contributed by atoms with E-state index in [2.05, 4.69) is 20.0 Å². The van der Waals surface area contributed by atoms with Crippen LogP contribution >= 0.6 is 0 Å². The van der Waals surface area contributed by atoms with Crippen molar-refractivity contribution in [2.75, 3.05) is 10.0 Å². The molecule has 7 nitrogen and oxygen atoms in total. The predicted octanol–water partition coefficient (Wildman–Crippen LogP) is 3.04. The first kappa shape index (κ1) is 17.9. The van der Waals surface area contributed by atoms with E-state index in [9.17, 15) is 13.2 Å². The van der Waals surface area contributed by atoms with Crippen molar-refractivity contribution in [3.05, 3.63) is 42.7 Å². The molecule has 2 aromatic rings. The lowest BCUT2D eigenvalue weighted by atomic mass is 9.86. The van der Waals surface area contributed by atoms with Crippen molar-refractivity contribution in [3.63, 3.8) is 0 Å². The second-order valence-corrected chi connectivity index (χ2v) is 9.07. The Hall–Kier alpha value is -2.48. The Morgan fingerprint density at radius 3 is 2.44 bits per heavy atom. The Morgan fingerprint density at radius 1 is 1.07 bits per heavy atom. The topological polar surface area (TPSA) is 101 Å². The maximum absolute atomic E-state index is 12.4. The Labute approximate surface area is 158 Å². The van der Waals surface area contributed by atoms with Gasteiger partial charge in [0, 0.05) is 24.5 Å². The smallest absolute Gasteiger partial charge is 0.264 e. The summed E-state index contributed by atoms with van der Waals surface area (Å²) in [5.41, 5.74) is 0.595. The number of carbonyl (C=O) groups is 1. The van der Waals surface area contributed by atoms with E-state index in [4.69, 9.17) is 0 Å². The predicted molar refractivity (Wildman–Crippen MR) is 101 cm³/mol. The highest BCUT2D eigenvalue weighted by molar-refractivity contribution is 7.92. The number of hydrogen-bond acceptors (Lipinski definition) is 5. The molecular weight excluding hydrogens is 364 g/mol. The first-order valence-corrected chi connectivity index (χ1v) is 10.7. The largest absolute Gasteiger partial charge is 0.326 e. The SMILES string of the molecule is O=C(C[C@H]1C[C@@H]2CC[C@@H]1C2)Nc1ccc(S(=O)(=O)Nc2ncccn2)cc1. The molecule has 0 radical (unpaired) electrons. The first-order valence-electron chi connectivity index (χ1n) is 9.19. The van der Waals surface area contributed by atoms with Crippen LogP contribution in [0.1, 0.15) is 32.1 Å². The lowest BCUT2D eigenvalue weighted by Gasteiger charge is -2.20. The molecule has 1 aromatic carbocycles. The number of benzene rings is 1. The molecule has 8 heteroatoms. The minimum atomic E-state index is -3.77. The molecule has 2 aliphatic rings. The third-order valence-electron chi connectivity index (χ3n) is 5.57. The summed E-state index contributed by atoms with van der Waals surface area (Å²) in [4.78, 5) is 20.1. The lowest BCUT2D eigenvalue weighted by molar-refractivity contribution is -0.117. The van der Waals surface area contributed by atoms with Gasteiger partial charge in [-0.25, -0.2) is 23.1 Å². The molecule has 4 rings (SSSR count). The van der Waals surface area contributed by atoms with E-state index < -0.39 is 10.0 Å². The fourth-order valence-corrected chi connectivity index (χ4v) is 5.28. The van der Waals surface area contributed by atoms with Gasteiger partial charge in [-0.1, -0.05) is 6.42 Å². The fourth-order valence-electron chi connectivity index (χ4n) is 4.32. The summed E-state index contributed by atoms with van der Waals surface area (Å²) in [5.74, 6) is 2.04. The van der Waals surface area contributed by atoms with Gasteiger partial charge in [-0.3, -0.25) is 4.79 Å². The summed E-state index contributed by atoms with van der Waals surface area (Å²) in [6, 6.07) is 7.71. The highest BCUT2D eigenvalue weighted by Gasteiger charge is 2.40. The molecule has 2 bridgehead atoms. The Bertz CT molecular complexity index is 916. The number of carbonyl (C=O) groups excluding carboxylic acids is 1. The van der Waals surface area contributed by atoms with Gasteiger partial charge in [-0.15, -0.1) is 0 Å². The third-order valence-corrected chi connectivity index (χ3v) is 6.92. The number of sulfonamides is 1. The number of fused-ring (bicyclic) bond motifs is 2. The zero-order valence-corrected chi connectivity index (χ0v) is 15.7. The molecule has 1 heterocycles. The van der Waals surface area contributed by atoms with Gasteiger partial charge < -0.3 is 5.32 Å². The maximum atomic E-state index is 12.4. The second kappa shape index (κ2) is 7.26. The number of hydrogen-bond donors (Lipinski definition) is 2. The molecule has 0 aliphatic heterocycles. The summed E-state index contributed by atoms with van der Waals surface area (Å²) in [6.07, 6.45) is 8.49. The van der Waals surface area contributed by atoms with Crippen LogP contribution in [0.3, 0.4) is 0 Å². The van der Waals surface area contributed by atoms with Crippen LogP contribution in [0.25, 0.3) is 0 Å². The zero-order valence-electron chi connectivity index (χ0n) is 14.8. The highest BCUT2D eigenvalue weighted by atomic mass is 32.2. The molecular formula is C19H22N4O3S. The van der Waals surface area contributed by atoms with Crippen molar-refractivity contribution in [2.24, 2.45) is 17.8 Å². The van der Waals surface area contributed by atoms with Gasteiger partial charge in [0.15, 0.2) is 0 Å². The first-order chi connectivity index (χ1) is 13.0. The van der Waals surface area contributed by atoms with Crippen LogP contribution in [0.4, 0.5) is 11.6 Å². The van der Waals surface area contributed by atoms with E-state index in [-0.39, 0.29) is 16.8 Å². The minimum absolute atomic E-state index is 0.000956. The van der Waals surface area contributed by atoms with Crippen molar-refractivity contribution in [3.8, 4) is 0 Å². The number of rotatable bonds is 6. The van der Waals surface area contributed by atoms with Crippen LogP contribution < -0.4 is 10.0 Å². The van der Waals surface area contributed by atoms with E-state index in [1.54, 1.807) is 18.2 Å². The molecule has 3 atom stereocenters. The van der Waals surface area contributed by atoms with Crippen molar-refractivity contribution < 1.29 is 13.2 Å². The molecule has 27 heavy (non-hydrogen) atoms. The van der Waals surface area contributed by atoms with Crippen molar-refractivity contribution in [1.82, 2.24) is 9.97 Å². The average Bonchev–Trinajstić information content (AvgIpc) is 3.25. The Balaban J connectivity index is 1.36. The summed E-state index contributed by atoms with van der Waals surface area (Å²) in [7, 11) is -3.77. The summed E-state index contributed by atoms with van der Waals surface area (Å²) in [5, 5.41) is 2.88. The normalized spacial score (nSPS) is 23.9. The summed E-state index contributed by atoms with van der Waals surface area (Å²) >= 11 is 0. The molecule has 142 valence electrons. The van der Waals surface area contributed by atoms with Crippen LogP contribution in [0.15, 0.2) is 47.6 Å². The minimum Gasteiger partial charge on any atom is -0.326 e. The third kappa shape index (κ3) is 4.10. The van der Waals surface area contributed by atoms with Gasteiger partial charge in [0.25, 0.3) is 10.0 Å². The molecule has 2 N–H and O–H groups in total. The molecule has 0 saturated heterocycles.